The second-order valence-electron chi connectivity index (χ2n) is 11.7. The molecule has 0 amide bonds. The summed E-state index contributed by atoms with van der Waals surface area (Å²) in [5, 5.41) is 0. The summed E-state index contributed by atoms with van der Waals surface area (Å²) < 4.78 is 0. The fourth-order valence-corrected chi connectivity index (χ4v) is 4.48. The number of hydrogen-bond donors (Lipinski definition) is 0. The highest BCUT2D eigenvalue weighted by Crippen LogP contribution is 2.12. The third kappa shape index (κ3) is 11.1. The van der Waals surface area contributed by atoms with Crippen LogP contribution in [0.5, 0.6) is 0 Å². The van der Waals surface area contributed by atoms with Gasteiger partial charge in [-0.25, -0.2) is 0 Å². The van der Waals surface area contributed by atoms with Gasteiger partial charge in [0.2, 0.25) is 0 Å². The lowest BCUT2D eigenvalue weighted by Crippen LogP contribution is -1.86. The summed E-state index contributed by atoms with van der Waals surface area (Å²) in [6, 6.07) is 33.6. The van der Waals surface area contributed by atoms with Gasteiger partial charge >= 0.3 is 0 Å². The minimum Gasteiger partial charge on any atom is -0.253 e. The van der Waals surface area contributed by atoms with E-state index in [1.165, 1.54) is 22.3 Å². The molecule has 4 nitrogen and oxygen atoms in total. The van der Waals surface area contributed by atoms with Crippen molar-refractivity contribution in [1.29, 1.82) is 0 Å². The Kier molecular flexibility index (Phi) is 11.9. The number of aromatic nitrogens is 4. The van der Waals surface area contributed by atoms with Crippen molar-refractivity contribution in [2.45, 2.75) is 27.7 Å². The highest BCUT2D eigenvalue weighted by molar-refractivity contribution is 5.71. The van der Waals surface area contributed by atoms with Crippen molar-refractivity contribution in [3.05, 3.63) is 189 Å². The molecule has 236 valence electrons. The van der Waals surface area contributed by atoms with Crippen LogP contribution in [0.2, 0.25) is 0 Å². The van der Waals surface area contributed by atoms with E-state index in [4.69, 9.17) is 0 Å². The second kappa shape index (κ2) is 17.1. The Balaban J connectivity index is 0.000000188. The molecule has 0 radical (unpaired) electrons. The highest BCUT2D eigenvalue weighted by Gasteiger charge is 1.95. The van der Waals surface area contributed by atoms with Crippen LogP contribution in [0.25, 0.3) is 48.6 Å². The molecule has 48 heavy (non-hydrogen) atoms. The maximum absolute atomic E-state index is 4.44. The van der Waals surface area contributed by atoms with Crippen LogP contribution in [0, 0.1) is 27.7 Å². The lowest BCUT2D eigenvalue weighted by Gasteiger charge is -1.97. The molecular formula is C44H40N4. The van der Waals surface area contributed by atoms with Crippen molar-refractivity contribution < 1.29 is 0 Å². The zero-order valence-corrected chi connectivity index (χ0v) is 28.0. The van der Waals surface area contributed by atoms with Gasteiger partial charge in [-0.2, -0.15) is 0 Å². The Morgan fingerprint density at radius 1 is 0.271 bits per heavy atom. The quantitative estimate of drug-likeness (QED) is 0.169. The van der Waals surface area contributed by atoms with E-state index in [-0.39, 0.29) is 0 Å². The fraction of sp³-hybridized carbons (Fsp3) is 0.0909. The summed E-state index contributed by atoms with van der Waals surface area (Å²) in [4.78, 5) is 17.7. The van der Waals surface area contributed by atoms with E-state index in [9.17, 15) is 0 Å². The number of hydrogen-bond acceptors (Lipinski definition) is 4. The van der Waals surface area contributed by atoms with Crippen LogP contribution < -0.4 is 0 Å². The Hall–Kier alpha value is -6.00. The van der Waals surface area contributed by atoms with Crippen molar-refractivity contribution >= 4 is 48.6 Å². The van der Waals surface area contributed by atoms with Gasteiger partial charge in [0, 0.05) is 0 Å². The fourth-order valence-electron chi connectivity index (χ4n) is 4.48. The second-order valence-corrected chi connectivity index (χ2v) is 11.7. The van der Waals surface area contributed by atoms with E-state index in [0.29, 0.717) is 0 Å². The van der Waals surface area contributed by atoms with E-state index in [1.54, 1.807) is 24.8 Å². The molecular weight excluding hydrogens is 585 g/mol. The van der Waals surface area contributed by atoms with Gasteiger partial charge in [-0.1, -0.05) is 144 Å². The average Bonchev–Trinajstić information content (AvgIpc) is 3.12. The van der Waals surface area contributed by atoms with Crippen LogP contribution in [0.1, 0.15) is 67.3 Å². The Labute approximate surface area is 284 Å². The summed E-state index contributed by atoms with van der Waals surface area (Å²) in [6.45, 7) is 8.34. The predicted octanol–water partition coefficient (Wildman–Crippen LogP) is 10.9. The molecule has 2 aromatic heterocycles. The Morgan fingerprint density at radius 2 is 0.458 bits per heavy atom. The number of aryl methyl sites for hydroxylation is 4. The first kappa shape index (κ1) is 33.4. The van der Waals surface area contributed by atoms with Gasteiger partial charge in [0.05, 0.1) is 47.6 Å². The molecule has 0 aliphatic heterocycles. The molecule has 6 rings (SSSR count). The number of nitrogens with zero attached hydrogens (tertiary/aromatic N) is 4. The molecule has 0 aliphatic carbocycles. The van der Waals surface area contributed by atoms with Gasteiger partial charge in [-0.15, -0.1) is 0 Å². The first-order valence-electron chi connectivity index (χ1n) is 16.0. The molecule has 0 N–H and O–H groups in total. The van der Waals surface area contributed by atoms with Crippen LogP contribution >= 0.6 is 0 Å². The summed E-state index contributed by atoms with van der Waals surface area (Å²) in [6.07, 6.45) is 23.3. The molecule has 0 fully saturated rings. The van der Waals surface area contributed by atoms with E-state index in [1.807, 2.05) is 48.6 Å². The van der Waals surface area contributed by atoms with Crippen molar-refractivity contribution in [3.8, 4) is 0 Å². The SMILES string of the molecule is Cc1ccc(C=Cc2cnc(C=Cc3ccc(C)cc3)cn2)cc1.Cc1ccc(C=Cc2cnc(C=Cc3ccc(C)cc3)cn2)cc1. The van der Waals surface area contributed by atoms with E-state index < -0.39 is 0 Å². The smallest absolute Gasteiger partial charge is 0.0813 e. The molecule has 0 saturated heterocycles. The van der Waals surface area contributed by atoms with E-state index in [0.717, 1.165) is 45.0 Å². The largest absolute Gasteiger partial charge is 0.253 e. The van der Waals surface area contributed by atoms with Crippen LogP contribution in [0.4, 0.5) is 0 Å². The minimum atomic E-state index is 0.850. The van der Waals surface area contributed by atoms with Crippen molar-refractivity contribution in [2.75, 3.05) is 0 Å². The van der Waals surface area contributed by atoms with Gasteiger partial charge in [0.15, 0.2) is 0 Å². The zero-order valence-electron chi connectivity index (χ0n) is 28.0. The maximum atomic E-state index is 4.44. The molecule has 4 aromatic carbocycles. The minimum absolute atomic E-state index is 0.850. The molecule has 6 aromatic rings. The lowest BCUT2D eigenvalue weighted by atomic mass is 10.1. The van der Waals surface area contributed by atoms with Crippen LogP contribution in [-0.2, 0) is 0 Å². The Bertz CT molecular complexity index is 1680. The molecule has 0 bridgehead atoms. The molecule has 2 heterocycles. The normalized spacial score (nSPS) is 11.4. The summed E-state index contributed by atoms with van der Waals surface area (Å²) >= 11 is 0. The molecule has 0 unspecified atom stereocenters. The van der Waals surface area contributed by atoms with Crippen LogP contribution in [-0.4, -0.2) is 19.9 Å². The first-order valence-corrected chi connectivity index (χ1v) is 16.0. The summed E-state index contributed by atoms with van der Waals surface area (Å²) in [5.74, 6) is 0. The first-order chi connectivity index (χ1) is 23.4. The van der Waals surface area contributed by atoms with E-state index in [2.05, 4.69) is 145 Å². The molecule has 0 aliphatic rings. The van der Waals surface area contributed by atoms with Gasteiger partial charge in [0.1, 0.15) is 0 Å². The number of benzene rings is 4. The van der Waals surface area contributed by atoms with Crippen LogP contribution in [0.3, 0.4) is 0 Å². The third-order valence-electron chi connectivity index (χ3n) is 7.48. The highest BCUT2D eigenvalue weighted by atomic mass is 14.8. The summed E-state index contributed by atoms with van der Waals surface area (Å²) in [5.41, 5.74) is 13.1. The van der Waals surface area contributed by atoms with Gasteiger partial charge in [-0.05, 0) is 74.3 Å². The number of rotatable bonds is 8. The van der Waals surface area contributed by atoms with Crippen molar-refractivity contribution in [2.24, 2.45) is 0 Å². The average molecular weight is 625 g/mol. The molecule has 0 atom stereocenters. The Morgan fingerprint density at radius 3 is 0.625 bits per heavy atom. The maximum Gasteiger partial charge on any atom is 0.0813 e. The zero-order chi connectivity index (χ0) is 33.6. The van der Waals surface area contributed by atoms with E-state index >= 15 is 0 Å². The van der Waals surface area contributed by atoms with Crippen LogP contribution in [0.15, 0.2) is 122 Å². The molecule has 0 spiro atoms. The topological polar surface area (TPSA) is 51.6 Å². The van der Waals surface area contributed by atoms with Crippen molar-refractivity contribution in [3.63, 3.8) is 0 Å². The lowest BCUT2D eigenvalue weighted by molar-refractivity contribution is 1.16. The van der Waals surface area contributed by atoms with Gasteiger partial charge in [-0.3, -0.25) is 19.9 Å². The molecule has 4 heteroatoms. The predicted molar refractivity (Wildman–Crippen MR) is 204 cm³/mol. The monoisotopic (exact) mass is 624 g/mol. The van der Waals surface area contributed by atoms with Crippen molar-refractivity contribution in [1.82, 2.24) is 19.9 Å². The standard InChI is InChI=1S/2C22H20N2/c2*1-17-3-7-19(8-4-17)11-13-21-15-24-22(16-23-21)14-12-20-9-5-18(2)6-10-20/h2*3-16H,1-2H3. The van der Waals surface area contributed by atoms with Gasteiger partial charge in [0.25, 0.3) is 0 Å². The molecule has 0 saturated carbocycles. The van der Waals surface area contributed by atoms with Gasteiger partial charge < -0.3 is 0 Å². The summed E-state index contributed by atoms with van der Waals surface area (Å²) in [7, 11) is 0. The third-order valence-corrected chi connectivity index (χ3v) is 7.48.